The molecule has 0 bridgehead atoms. The largest absolute Gasteiger partial charge is 0.496 e. The van der Waals surface area contributed by atoms with E-state index < -0.39 is 11.5 Å². The molecule has 5 aromatic rings. The Morgan fingerprint density at radius 1 is 1.06 bits per heavy atom. The molecule has 10 heteroatoms. The van der Waals surface area contributed by atoms with E-state index in [0.29, 0.717) is 27.7 Å². The summed E-state index contributed by atoms with van der Waals surface area (Å²) >= 11 is 0. The van der Waals surface area contributed by atoms with Gasteiger partial charge in [-0.25, -0.2) is 9.18 Å². The smallest absolute Gasteiger partial charge is 0.333 e. The van der Waals surface area contributed by atoms with E-state index in [-0.39, 0.29) is 11.4 Å². The fraction of sp³-hybridized carbons (Fsp3) is 0.182. The quantitative estimate of drug-likeness (QED) is 0.467. The Labute approximate surface area is 181 Å². The van der Waals surface area contributed by atoms with Crippen molar-refractivity contribution in [3.63, 3.8) is 0 Å². The van der Waals surface area contributed by atoms with Gasteiger partial charge in [-0.05, 0) is 13.0 Å². The third-order valence-corrected chi connectivity index (χ3v) is 5.61. The number of halogens is 1. The molecule has 0 unspecified atom stereocenters. The first-order valence-electron chi connectivity index (χ1n) is 9.73. The van der Waals surface area contributed by atoms with Gasteiger partial charge in [-0.3, -0.25) is 24.2 Å². The van der Waals surface area contributed by atoms with Gasteiger partial charge in [0.15, 0.2) is 11.6 Å². The molecule has 5 rings (SSSR count). The maximum Gasteiger partial charge on any atom is 0.333 e. The number of benzene rings is 1. The van der Waals surface area contributed by atoms with Crippen molar-refractivity contribution in [2.75, 3.05) is 14.2 Å². The van der Waals surface area contributed by atoms with Crippen LogP contribution in [0.25, 0.3) is 38.8 Å². The molecule has 0 aliphatic rings. The molecule has 0 amide bonds. The Bertz CT molecular complexity index is 1570. The Hall–Kier alpha value is -4.21. The summed E-state index contributed by atoms with van der Waals surface area (Å²) in [7, 11) is 4.60. The van der Waals surface area contributed by atoms with Gasteiger partial charge in [0.05, 0.1) is 55.1 Å². The second-order valence-corrected chi connectivity index (χ2v) is 7.30. The van der Waals surface area contributed by atoms with E-state index >= 15 is 0 Å². The van der Waals surface area contributed by atoms with Crippen LogP contribution in [0.3, 0.4) is 0 Å². The third kappa shape index (κ3) is 2.69. The molecule has 0 spiro atoms. The van der Waals surface area contributed by atoms with Gasteiger partial charge in [0.1, 0.15) is 11.4 Å². The predicted molar refractivity (Wildman–Crippen MR) is 117 cm³/mol. The number of pyridine rings is 2. The second kappa shape index (κ2) is 7.19. The van der Waals surface area contributed by atoms with E-state index in [2.05, 4.69) is 20.2 Å². The minimum absolute atomic E-state index is 0.0116. The molecule has 0 fully saturated rings. The Kier molecular flexibility index (Phi) is 4.43. The lowest BCUT2D eigenvalue weighted by Gasteiger charge is -2.13. The van der Waals surface area contributed by atoms with E-state index in [1.54, 1.807) is 32.6 Å². The average Bonchev–Trinajstić information content (AvgIpc) is 3.33. The van der Waals surface area contributed by atoms with Crippen LogP contribution in [0.15, 0.2) is 41.7 Å². The summed E-state index contributed by atoms with van der Waals surface area (Å²) in [6.07, 6.45) is 5.78. The summed E-state index contributed by atoms with van der Waals surface area (Å²) in [4.78, 5) is 21.6. The standard InChI is InChI=1S/C22H19FN6O3/c1-11-14(7-26-27-11)12-5-13-16(6-18(12)31-3)25-9-17-20(13)29(22(30)28(17)2)21-15(23)8-24-10-19(21)32-4/h5-10H,1-4H3,(H,26,27). The number of imidazole rings is 1. The van der Waals surface area contributed by atoms with Crippen LogP contribution >= 0.6 is 0 Å². The van der Waals surface area contributed by atoms with Gasteiger partial charge in [-0.1, -0.05) is 0 Å². The number of hydrogen-bond donors (Lipinski definition) is 1. The van der Waals surface area contributed by atoms with E-state index in [4.69, 9.17) is 9.47 Å². The van der Waals surface area contributed by atoms with Gasteiger partial charge in [0, 0.05) is 35.8 Å². The number of nitrogens with one attached hydrogen (secondary N) is 1. The third-order valence-electron chi connectivity index (χ3n) is 5.61. The van der Waals surface area contributed by atoms with Gasteiger partial charge in [0.25, 0.3) is 0 Å². The van der Waals surface area contributed by atoms with Crippen LogP contribution in [0.2, 0.25) is 0 Å². The Morgan fingerprint density at radius 2 is 1.84 bits per heavy atom. The number of aromatic amines is 1. The van der Waals surface area contributed by atoms with E-state index in [9.17, 15) is 9.18 Å². The lowest BCUT2D eigenvalue weighted by Crippen LogP contribution is -2.22. The molecular formula is C22H19FN6O3. The first-order valence-corrected chi connectivity index (χ1v) is 9.73. The molecule has 4 heterocycles. The molecule has 0 saturated carbocycles. The maximum atomic E-state index is 15.0. The number of nitrogens with zero attached hydrogens (tertiary/aromatic N) is 5. The highest BCUT2D eigenvalue weighted by atomic mass is 19.1. The number of aryl methyl sites for hydroxylation is 2. The predicted octanol–water partition coefficient (Wildman–Crippen LogP) is 3.13. The van der Waals surface area contributed by atoms with Crippen molar-refractivity contribution in [2.24, 2.45) is 7.05 Å². The van der Waals surface area contributed by atoms with Crippen LogP contribution < -0.4 is 15.2 Å². The molecule has 32 heavy (non-hydrogen) atoms. The molecular weight excluding hydrogens is 415 g/mol. The van der Waals surface area contributed by atoms with E-state index in [1.807, 2.05) is 13.0 Å². The first kappa shape index (κ1) is 19.7. The van der Waals surface area contributed by atoms with Gasteiger partial charge in [-0.15, -0.1) is 0 Å². The molecule has 4 aromatic heterocycles. The van der Waals surface area contributed by atoms with Crippen LogP contribution in [0.1, 0.15) is 5.69 Å². The Morgan fingerprint density at radius 3 is 2.53 bits per heavy atom. The molecule has 9 nitrogen and oxygen atoms in total. The summed E-state index contributed by atoms with van der Waals surface area (Å²) in [5, 5.41) is 7.70. The van der Waals surface area contributed by atoms with Gasteiger partial charge < -0.3 is 9.47 Å². The van der Waals surface area contributed by atoms with Gasteiger partial charge in [-0.2, -0.15) is 5.10 Å². The zero-order chi connectivity index (χ0) is 22.6. The number of methoxy groups -OCH3 is 2. The SMILES string of the molecule is COc1cc2ncc3c(c2cc1-c1c[nH]nc1C)n(-c1c(F)cncc1OC)c(=O)n3C. The minimum Gasteiger partial charge on any atom is -0.496 e. The van der Waals surface area contributed by atoms with Crippen LogP contribution in [0.5, 0.6) is 11.5 Å². The number of hydrogen-bond acceptors (Lipinski definition) is 6. The highest BCUT2D eigenvalue weighted by Crippen LogP contribution is 2.38. The van der Waals surface area contributed by atoms with Crippen LogP contribution in [-0.2, 0) is 7.05 Å². The number of H-pyrrole nitrogens is 1. The molecule has 1 aromatic carbocycles. The van der Waals surface area contributed by atoms with E-state index in [0.717, 1.165) is 23.0 Å². The number of ether oxygens (including phenoxy) is 2. The van der Waals surface area contributed by atoms with E-state index in [1.165, 1.54) is 22.4 Å². The molecule has 0 atom stereocenters. The highest BCUT2D eigenvalue weighted by Gasteiger charge is 2.23. The van der Waals surface area contributed by atoms with Crippen molar-refractivity contribution in [3.8, 4) is 28.3 Å². The Balaban J connectivity index is 1.98. The molecule has 162 valence electrons. The summed E-state index contributed by atoms with van der Waals surface area (Å²) < 4.78 is 28.6. The summed E-state index contributed by atoms with van der Waals surface area (Å²) in [6, 6.07) is 3.67. The maximum absolute atomic E-state index is 15.0. The molecule has 0 aliphatic heterocycles. The zero-order valence-corrected chi connectivity index (χ0v) is 17.8. The lowest BCUT2D eigenvalue weighted by atomic mass is 10.0. The summed E-state index contributed by atoms with van der Waals surface area (Å²) in [5.74, 6) is 0.0682. The minimum atomic E-state index is -0.677. The van der Waals surface area contributed by atoms with Crippen LogP contribution in [0.4, 0.5) is 4.39 Å². The molecule has 0 saturated heterocycles. The molecule has 0 radical (unpaired) electrons. The van der Waals surface area contributed by atoms with Crippen molar-refractivity contribution >= 4 is 21.9 Å². The topological polar surface area (TPSA) is 99.9 Å². The first-order chi connectivity index (χ1) is 15.5. The van der Waals surface area contributed by atoms with Gasteiger partial charge >= 0.3 is 5.69 Å². The fourth-order valence-electron chi connectivity index (χ4n) is 4.02. The summed E-state index contributed by atoms with van der Waals surface area (Å²) in [6.45, 7) is 1.88. The average molecular weight is 434 g/mol. The summed E-state index contributed by atoms with van der Waals surface area (Å²) in [5.41, 5.74) is 3.58. The van der Waals surface area contributed by atoms with Crippen molar-refractivity contribution in [2.45, 2.75) is 6.92 Å². The monoisotopic (exact) mass is 434 g/mol. The van der Waals surface area contributed by atoms with Crippen molar-refractivity contribution in [3.05, 3.63) is 58.9 Å². The van der Waals surface area contributed by atoms with Crippen LogP contribution in [-0.4, -0.2) is 43.5 Å². The zero-order valence-electron chi connectivity index (χ0n) is 17.8. The fourth-order valence-corrected chi connectivity index (χ4v) is 4.02. The number of rotatable bonds is 4. The molecule has 0 aliphatic carbocycles. The van der Waals surface area contributed by atoms with Crippen LogP contribution in [0, 0.1) is 12.7 Å². The second-order valence-electron chi connectivity index (χ2n) is 7.30. The van der Waals surface area contributed by atoms with Gasteiger partial charge in [0.2, 0.25) is 0 Å². The highest BCUT2D eigenvalue weighted by molar-refractivity contribution is 6.06. The number of aromatic nitrogens is 6. The number of fused-ring (bicyclic) bond motifs is 3. The van der Waals surface area contributed by atoms with Crippen molar-refractivity contribution < 1.29 is 13.9 Å². The molecule has 1 N–H and O–H groups in total. The lowest BCUT2D eigenvalue weighted by molar-refractivity contribution is 0.406. The van der Waals surface area contributed by atoms with Crippen molar-refractivity contribution in [1.82, 2.24) is 29.3 Å². The normalized spacial score (nSPS) is 11.4. The van der Waals surface area contributed by atoms with Crippen molar-refractivity contribution in [1.29, 1.82) is 0 Å².